The molecule has 1 heterocycles. The molecule has 0 aromatic heterocycles. The van der Waals surface area contributed by atoms with E-state index in [9.17, 15) is 31.2 Å². The molecular weight excluding hydrogens is 457 g/mol. The number of ether oxygens (including phenoxy) is 2. The number of rotatable bonds is 8. The fraction of sp³-hybridized carbons (Fsp3) is 0.500. The standard InChI is InChI=1S/C18H21F3N4O6S/c19-18(20,21)31-14-3-1-2-4-15(14)32(28,29)12-5-13(16(26)23-7-6-22)24-17(27)25-8-10-30-11-9-25/h1-4,13H,5,7-12H2,(H,23,26)(H,24,27)/t13-/m0/s1. The van der Waals surface area contributed by atoms with Gasteiger partial charge in [0.25, 0.3) is 0 Å². The van der Waals surface area contributed by atoms with E-state index in [1.54, 1.807) is 6.07 Å². The number of benzene rings is 1. The largest absolute Gasteiger partial charge is 0.573 e. The number of urea groups is 1. The average molecular weight is 478 g/mol. The molecule has 176 valence electrons. The summed E-state index contributed by atoms with van der Waals surface area (Å²) in [6.07, 6.45) is -5.55. The van der Waals surface area contributed by atoms with Gasteiger partial charge < -0.3 is 25.0 Å². The number of hydrogen-bond donors (Lipinski definition) is 2. The topological polar surface area (TPSA) is 138 Å². The van der Waals surface area contributed by atoms with Crippen LogP contribution in [-0.4, -0.2) is 76.3 Å². The van der Waals surface area contributed by atoms with Gasteiger partial charge in [-0.1, -0.05) is 12.1 Å². The van der Waals surface area contributed by atoms with E-state index in [2.05, 4.69) is 15.4 Å². The lowest BCUT2D eigenvalue weighted by Gasteiger charge is -2.29. The van der Waals surface area contributed by atoms with Crippen LogP contribution in [0.25, 0.3) is 0 Å². The molecule has 0 unspecified atom stereocenters. The minimum Gasteiger partial charge on any atom is -0.404 e. The lowest BCUT2D eigenvalue weighted by atomic mass is 10.2. The number of nitriles is 1. The van der Waals surface area contributed by atoms with Gasteiger partial charge in [0, 0.05) is 13.1 Å². The van der Waals surface area contributed by atoms with E-state index in [-0.39, 0.29) is 19.6 Å². The smallest absolute Gasteiger partial charge is 0.404 e. The molecule has 32 heavy (non-hydrogen) atoms. The summed E-state index contributed by atoms with van der Waals surface area (Å²) in [5.41, 5.74) is 0. The molecule has 1 fully saturated rings. The van der Waals surface area contributed by atoms with Crippen LogP contribution in [0.15, 0.2) is 29.2 Å². The number of carbonyl (C=O) groups excluding carboxylic acids is 2. The molecule has 2 rings (SSSR count). The van der Waals surface area contributed by atoms with E-state index in [1.807, 2.05) is 0 Å². The third-order valence-electron chi connectivity index (χ3n) is 4.34. The van der Waals surface area contributed by atoms with Gasteiger partial charge in [-0.2, -0.15) is 5.26 Å². The van der Waals surface area contributed by atoms with Gasteiger partial charge in [0.2, 0.25) is 5.91 Å². The predicted octanol–water partition coefficient (Wildman–Crippen LogP) is 0.799. The number of carbonyl (C=O) groups is 2. The van der Waals surface area contributed by atoms with E-state index < -0.39 is 57.0 Å². The quantitative estimate of drug-likeness (QED) is 0.527. The van der Waals surface area contributed by atoms with Crippen LogP contribution in [-0.2, 0) is 19.4 Å². The zero-order valence-electron chi connectivity index (χ0n) is 16.7. The fourth-order valence-corrected chi connectivity index (χ4v) is 4.29. The number of nitrogens with one attached hydrogen (secondary N) is 2. The molecule has 0 bridgehead atoms. The Hall–Kier alpha value is -3.05. The SMILES string of the molecule is N#CCNC(=O)[C@H](CCS(=O)(=O)c1ccccc1OC(F)(F)F)NC(=O)N1CCOCC1. The highest BCUT2D eigenvalue weighted by atomic mass is 32.2. The molecule has 14 heteroatoms. The van der Waals surface area contributed by atoms with E-state index in [0.717, 1.165) is 12.1 Å². The number of hydrogen-bond acceptors (Lipinski definition) is 7. The van der Waals surface area contributed by atoms with Gasteiger partial charge in [-0.3, -0.25) is 4.79 Å². The van der Waals surface area contributed by atoms with Crippen molar-refractivity contribution in [2.45, 2.75) is 23.7 Å². The molecule has 2 N–H and O–H groups in total. The molecule has 3 amide bonds. The maximum atomic E-state index is 12.7. The van der Waals surface area contributed by atoms with Crippen LogP contribution in [0.2, 0.25) is 0 Å². The van der Waals surface area contributed by atoms with Crippen molar-refractivity contribution in [3.8, 4) is 11.8 Å². The van der Waals surface area contributed by atoms with Gasteiger partial charge in [-0.25, -0.2) is 13.2 Å². The number of halogens is 3. The summed E-state index contributed by atoms with van der Waals surface area (Å²) in [4.78, 5) is 25.4. The van der Waals surface area contributed by atoms with Gasteiger partial charge in [-0.05, 0) is 18.6 Å². The van der Waals surface area contributed by atoms with Crippen molar-refractivity contribution in [3.63, 3.8) is 0 Å². The van der Waals surface area contributed by atoms with Crippen molar-refractivity contribution >= 4 is 21.8 Å². The third kappa shape index (κ3) is 7.57. The van der Waals surface area contributed by atoms with Crippen molar-refractivity contribution < 1.29 is 40.7 Å². The van der Waals surface area contributed by atoms with Crippen LogP contribution in [0.1, 0.15) is 6.42 Å². The fourth-order valence-electron chi connectivity index (χ4n) is 2.82. The van der Waals surface area contributed by atoms with E-state index in [0.29, 0.717) is 13.2 Å². The number of para-hydroxylation sites is 1. The Morgan fingerprint density at radius 1 is 1.25 bits per heavy atom. The first-order valence-corrected chi connectivity index (χ1v) is 11.0. The van der Waals surface area contributed by atoms with Crippen LogP contribution >= 0.6 is 0 Å². The number of nitrogens with zero attached hydrogens (tertiary/aromatic N) is 2. The van der Waals surface area contributed by atoms with Crippen molar-refractivity contribution in [1.82, 2.24) is 15.5 Å². The average Bonchev–Trinajstić information content (AvgIpc) is 2.74. The Bertz CT molecular complexity index is 958. The van der Waals surface area contributed by atoms with Crippen LogP contribution < -0.4 is 15.4 Å². The van der Waals surface area contributed by atoms with Gasteiger partial charge >= 0.3 is 12.4 Å². The maximum absolute atomic E-state index is 12.7. The summed E-state index contributed by atoms with van der Waals surface area (Å²) in [5, 5.41) is 13.3. The Labute approximate surface area is 182 Å². The van der Waals surface area contributed by atoms with Gasteiger partial charge in [0.05, 0.1) is 25.0 Å². The zero-order valence-corrected chi connectivity index (χ0v) is 17.5. The summed E-state index contributed by atoms with van der Waals surface area (Å²) in [6.45, 7) is 0.738. The first-order chi connectivity index (χ1) is 15.0. The van der Waals surface area contributed by atoms with Gasteiger partial charge in [0.15, 0.2) is 9.84 Å². The third-order valence-corrected chi connectivity index (χ3v) is 6.12. The zero-order chi connectivity index (χ0) is 23.8. The Kier molecular flexibility index (Phi) is 8.67. The van der Waals surface area contributed by atoms with Crippen LogP contribution in [0.4, 0.5) is 18.0 Å². The molecule has 1 aromatic carbocycles. The first-order valence-electron chi connectivity index (χ1n) is 9.39. The normalized spacial score (nSPS) is 15.4. The molecule has 0 radical (unpaired) electrons. The lowest BCUT2D eigenvalue weighted by Crippen LogP contribution is -2.54. The second-order valence-electron chi connectivity index (χ2n) is 6.58. The molecular formula is C18H21F3N4O6S. The highest BCUT2D eigenvalue weighted by Gasteiger charge is 2.34. The highest BCUT2D eigenvalue weighted by Crippen LogP contribution is 2.30. The Morgan fingerprint density at radius 3 is 2.53 bits per heavy atom. The van der Waals surface area contributed by atoms with Crippen LogP contribution in [0, 0.1) is 11.3 Å². The van der Waals surface area contributed by atoms with Crippen molar-refractivity contribution in [2.24, 2.45) is 0 Å². The minimum atomic E-state index is -5.10. The van der Waals surface area contributed by atoms with Crippen LogP contribution in [0.5, 0.6) is 5.75 Å². The second-order valence-corrected chi connectivity index (χ2v) is 8.66. The van der Waals surface area contributed by atoms with Gasteiger partial charge in [-0.15, -0.1) is 13.2 Å². The number of sulfone groups is 1. The van der Waals surface area contributed by atoms with Gasteiger partial charge in [0.1, 0.15) is 23.2 Å². The number of amides is 3. The van der Waals surface area contributed by atoms with Crippen LogP contribution in [0.3, 0.4) is 0 Å². The summed E-state index contributed by atoms with van der Waals surface area (Å²) >= 11 is 0. The maximum Gasteiger partial charge on any atom is 0.573 e. The molecule has 1 aliphatic heterocycles. The molecule has 0 aliphatic carbocycles. The Morgan fingerprint density at radius 2 is 1.91 bits per heavy atom. The monoisotopic (exact) mass is 478 g/mol. The Balaban J connectivity index is 2.16. The predicted molar refractivity (Wildman–Crippen MR) is 103 cm³/mol. The molecule has 1 atom stereocenters. The molecule has 1 aliphatic rings. The van der Waals surface area contributed by atoms with Crippen molar-refractivity contribution in [1.29, 1.82) is 5.26 Å². The number of alkyl halides is 3. The summed E-state index contributed by atoms with van der Waals surface area (Å²) < 4.78 is 72.1. The first kappa shape index (κ1) is 25.2. The van der Waals surface area contributed by atoms with E-state index in [4.69, 9.17) is 10.00 Å². The van der Waals surface area contributed by atoms with Crippen molar-refractivity contribution in [3.05, 3.63) is 24.3 Å². The number of morpholine rings is 1. The summed E-state index contributed by atoms with van der Waals surface area (Å²) in [5.74, 6) is -2.47. The lowest BCUT2D eigenvalue weighted by molar-refractivity contribution is -0.275. The van der Waals surface area contributed by atoms with Crippen molar-refractivity contribution in [2.75, 3.05) is 38.6 Å². The molecule has 1 aromatic rings. The molecule has 0 spiro atoms. The summed E-state index contributed by atoms with van der Waals surface area (Å²) in [7, 11) is -4.33. The molecule has 10 nitrogen and oxygen atoms in total. The minimum absolute atomic E-state index is 0.263. The molecule has 0 saturated carbocycles. The molecule has 1 saturated heterocycles. The summed E-state index contributed by atoms with van der Waals surface area (Å²) in [6, 6.07) is 3.93. The van der Waals surface area contributed by atoms with E-state index >= 15 is 0 Å². The highest BCUT2D eigenvalue weighted by molar-refractivity contribution is 7.91. The van der Waals surface area contributed by atoms with E-state index in [1.165, 1.54) is 17.0 Å². The second kappa shape index (κ2) is 11.0.